The summed E-state index contributed by atoms with van der Waals surface area (Å²) in [5.74, 6) is -0.909. The van der Waals surface area contributed by atoms with Gasteiger partial charge in [0, 0.05) is 15.9 Å². The molecule has 0 heterocycles. The molecular formula is C22H20BrN3O3. The number of carbonyl (C=O) groups excluding carboxylic acids is 2. The van der Waals surface area contributed by atoms with Gasteiger partial charge in [-0.15, -0.1) is 0 Å². The van der Waals surface area contributed by atoms with E-state index in [4.69, 9.17) is 0 Å². The topological polar surface area (TPSA) is 90.8 Å². The molecule has 7 heteroatoms. The molecule has 29 heavy (non-hydrogen) atoms. The molecule has 0 atom stereocenters. The normalized spacial score (nSPS) is 11.3. The van der Waals surface area contributed by atoms with Gasteiger partial charge in [0.15, 0.2) is 0 Å². The van der Waals surface area contributed by atoms with Crippen molar-refractivity contribution in [3.05, 3.63) is 70.2 Å². The number of aromatic hydroxyl groups is 1. The Morgan fingerprint density at radius 1 is 1.07 bits per heavy atom. The van der Waals surface area contributed by atoms with Crippen LogP contribution in [0.2, 0.25) is 0 Å². The van der Waals surface area contributed by atoms with Crippen LogP contribution in [0.15, 0.2) is 64.2 Å². The lowest BCUT2D eigenvalue weighted by Crippen LogP contribution is -2.21. The van der Waals surface area contributed by atoms with Gasteiger partial charge in [0.25, 0.3) is 5.91 Å². The maximum atomic E-state index is 12.4. The van der Waals surface area contributed by atoms with E-state index in [0.717, 1.165) is 26.5 Å². The first-order valence-electron chi connectivity index (χ1n) is 8.95. The molecule has 0 saturated heterocycles. The van der Waals surface area contributed by atoms with Gasteiger partial charge in [-0.25, -0.2) is 5.43 Å². The van der Waals surface area contributed by atoms with Gasteiger partial charge in [-0.3, -0.25) is 9.59 Å². The molecule has 3 aromatic carbocycles. The first-order chi connectivity index (χ1) is 13.8. The second-order valence-corrected chi connectivity index (χ2v) is 7.60. The molecule has 0 radical (unpaired) electrons. The third kappa shape index (κ3) is 5.20. The zero-order chi connectivity index (χ0) is 21.0. The minimum absolute atomic E-state index is 0.0273. The largest absolute Gasteiger partial charge is 0.507 e. The fraction of sp³-hybridized carbons (Fsp3) is 0.136. The monoisotopic (exact) mass is 453 g/mol. The summed E-state index contributed by atoms with van der Waals surface area (Å²) in [7, 11) is 0. The van der Waals surface area contributed by atoms with E-state index in [0.29, 0.717) is 5.71 Å². The predicted molar refractivity (Wildman–Crippen MR) is 118 cm³/mol. The Labute approximate surface area is 176 Å². The number of anilines is 1. The summed E-state index contributed by atoms with van der Waals surface area (Å²) < 4.78 is 0.936. The number of nitrogens with zero attached hydrogens (tertiary/aromatic N) is 1. The molecular weight excluding hydrogens is 434 g/mol. The summed E-state index contributed by atoms with van der Waals surface area (Å²) >= 11 is 3.38. The molecule has 0 saturated carbocycles. The van der Waals surface area contributed by atoms with Crippen molar-refractivity contribution in [2.24, 2.45) is 5.10 Å². The zero-order valence-corrected chi connectivity index (χ0v) is 17.6. The number of fused-ring (bicyclic) bond motifs is 1. The first kappa shape index (κ1) is 20.5. The molecule has 0 aliphatic rings. The van der Waals surface area contributed by atoms with Crippen LogP contribution in [0.5, 0.6) is 5.75 Å². The third-order valence-corrected chi connectivity index (χ3v) is 4.83. The maximum absolute atomic E-state index is 12.4. The highest BCUT2D eigenvalue weighted by Gasteiger charge is 2.13. The van der Waals surface area contributed by atoms with Crippen LogP contribution in [0.25, 0.3) is 10.8 Å². The highest BCUT2D eigenvalue weighted by atomic mass is 79.9. The summed E-state index contributed by atoms with van der Waals surface area (Å²) in [4.78, 5) is 24.6. The minimum atomic E-state index is -0.545. The SMILES string of the molecule is C/C(CC(=O)Nc1ccc(Br)cc1C)=N/NC(=O)c1cc2ccccc2cc1O. The van der Waals surface area contributed by atoms with Crippen molar-refractivity contribution in [1.29, 1.82) is 0 Å². The number of nitrogens with one attached hydrogen (secondary N) is 2. The number of phenols is 1. The van der Waals surface area contributed by atoms with E-state index in [1.165, 1.54) is 6.07 Å². The van der Waals surface area contributed by atoms with E-state index in [1.807, 2.05) is 49.4 Å². The Kier molecular flexibility index (Phi) is 6.29. The van der Waals surface area contributed by atoms with Crippen LogP contribution in [0.3, 0.4) is 0 Å². The molecule has 0 unspecified atom stereocenters. The number of phenolic OH excluding ortho intramolecular Hbond substituents is 1. The molecule has 0 fully saturated rings. The molecule has 0 bridgehead atoms. The fourth-order valence-corrected chi connectivity index (χ4v) is 3.33. The summed E-state index contributed by atoms with van der Waals surface area (Å²) in [6, 6.07) is 16.1. The van der Waals surface area contributed by atoms with Gasteiger partial charge in [-0.2, -0.15) is 5.10 Å². The van der Waals surface area contributed by atoms with Gasteiger partial charge in [-0.05, 0) is 60.5 Å². The number of hydrogen-bond acceptors (Lipinski definition) is 4. The summed E-state index contributed by atoms with van der Waals surface area (Å²) in [5, 5.41) is 18.6. The van der Waals surface area contributed by atoms with Crippen LogP contribution in [0.4, 0.5) is 5.69 Å². The summed E-state index contributed by atoms with van der Waals surface area (Å²) in [5.41, 5.74) is 4.60. The van der Waals surface area contributed by atoms with Crippen molar-refractivity contribution in [3.63, 3.8) is 0 Å². The minimum Gasteiger partial charge on any atom is -0.507 e. The molecule has 3 N–H and O–H groups in total. The van der Waals surface area contributed by atoms with E-state index < -0.39 is 5.91 Å². The lowest BCUT2D eigenvalue weighted by Gasteiger charge is -2.09. The molecule has 6 nitrogen and oxygen atoms in total. The summed E-state index contributed by atoms with van der Waals surface area (Å²) in [6.07, 6.45) is 0.0273. The van der Waals surface area contributed by atoms with Crippen LogP contribution in [-0.2, 0) is 4.79 Å². The summed E-state index contributed by atoms with van der Waals surface area (Å²) in [6.45, 7) is 3.55. The van der Waals surface area contributed by atoms with Gasteiger partial charge < -0.3 is 10.4 Å². The van der Waals surface area contributed by atoms with E-state index in [-0.39, 0.29) is 23.6 Å². The van der Waals surface area contributed by atoms with Crippen molar-refractivity contribution in [2.45, 2.75) is 20.3 Å². The second kappa shape index (κ2) is 8.87. The van der Waals surface area contributed by atoms with Gasteiger partial charge in [0.05, 0.1) is 12.0 Å². The highest BCUT2D eigenvalue weighted by Crippen LogP contribution is 2.25. The van der Waals surface area contributed by atoms with Crippen molar-refractivity contribution in [3.8, 4) is 5.75 Å². The Bertz CT molecular complexity index is 1130. The molecule has 148 valence electrons. The molecule has 2 amide bonds. The lowest BCUT2D eigenvalue weighted by molar-refractivity contribution is -0.115. The predicted octanol–water partition coefficient (Wildman–Crippen LogP) is 4.75. The Balaban J connectivity index is 1.64. The average molecular weight is 454 g/mol. The second-order valence-electron chi connectivity index (χ2n) is 6.69. The number of halogens is 1. The van der Waals surface area contributed by atoms with Gasteiger partial charge in [-0.1, -0.05) is 40.2 Å². The Morgan fingerprint density at radius 3 is 2.45 bits per heavy atom. The van der Waals surface area contributed by atoms with E-state index in [2.05, 4.69) is 31.8 Å². The van der Waals surface area contributed by atoms with Crippen molar-refractivity contribution in [1.82, 2.24) is 5.43 Å². The first-order valence-corrected chi connectivity index (χ1v) is 9.74. The van der Waals surface area contributed by atoms with Crippen molar-refractivity contribution in [2.75, 3.05) is 5.32 Å². The number of hydrazone groups is 1. The fourth-order valence-electron chi connectivity index (χ4n) is 2.85. The molecule has 0 aliphatic heterocycles. The van der Waals surface area contributed by atoms with Crippen molar-refractivity contribution < 1.29 is 14.7 Å². The number of carbonyl (C=O) groups is 2. The van der Waals surface area contributed by atoms with Crippen LogP contribution < -0.4 is 10.7 Å². The van der Waals surface area contributed by atoms with Crippen molar-refractivity contribution >= 4 is 49.9 Å². The number of aryl methyl sites for hydroxylation is 1. The molecule has 3 rings (SSSR count). The quantitative estimate of drug-likeness (QED) is 0.384. The van der Waals surface area contributed by atoms with Crippen LogP contribution in [0, 0.1) is 6.92 Å². The third-order valence-electron chi connectivity index (χ3n) is 4.34. The number of amides is 2. The number of hydrogen-bond donors (Lipinski definition) is 3. The molecule has 0 spiro atoms. The molecule has 0 aromatic heterocycles. The Hall–Kier alpha value is -3.19. The number of rotatable bonds is 5. The van der Waals surface area contributed by atoms with Crippen LogP contribution in [-0.4, -0.2) is 22.6 Å². The zero-order valence-electron chi connectivity index (χ0n) is 16.0. The molecule has 3 aromatic rings. The smallest absolute Gasteiger partial charge is 0.275 e. The van der Waals surface area contributed by atoms with Gasteiger partial charge >= 0.3 is 0 Å². The standard InChI is InChI=1S/C22H20BrN3O3/c1-13-9-17(23)7-8-19(13)24-21(28)10-14(2)25-26-22(29)18-11-15-5-3-4-6-16(15)12-20(18)27/h3-9,11-12,27H,10H2,1-2H3,(H,24,28)(H,26,29)/b25-14-. The lowest BCUT2D eigenvalue weighted by atomic mass is 10.1. The van der Waals surface area contributed by atoms with Crippen LogP contribution in [0.1, 0.15) is 29.3 Å². The van der Waals surface area contributed by atoms with E-state index in [9.17, 15) is 14.7 Å². The van der Waals surface area contributed by atoms with Crippen LogP contribution >= 0.6 is 15.9 Å². The van der Waals surface area contributed by atoms with Gasteiger partial charge in [0.2, 0.25) is 5.91 Å². The number of benzene rings is 3. The highest BCUT2D eigenvalue weighted by molar-refractivity contribution is 9.10. The van der Waals surface area contributed by atoms with E-state index in [1.54, 1.807) is 13.0 Å². The average Bonchev–Trinajstić information content (AvgIpc) is 2.67. The maximum Gasteiger partial charge on any atom is 0.275 e. The molecule has 0 aliphatic carbocycles. The van der Waals surface area contributed by atoms with Gasteiger partial charge in [0.1, 0.15) is 5.75 Å². The Morgan fingerprint density at radius 2 is 1.76 bits per heavy atom. The van der Waals surface area contributed by atoms with E-state index >= 15 is 0 Å².